The zero-order chi connectivity index (χ0) is 18.7. The van der Waals surface area contributed by atoms with Crippen LogP contribution in [0.2, 0.25) is 5.02 Å². The zero-order valence-corrected chi connectivity index (χ0v) is 15.4. The van der Waals surface area contributed by atoms with Crippen molar-refractivity contribution in [3.8, 4) is 5.75 Å². The highest BCUT2D eigenvalue weighted by molar-refractivity contribution is 7.88. The van der Waals surface area contributed by atoms with E-state index in [1.807, 2.05) is 0 Å². The van der Waals surface area contributed by atoms with Gasteiger partial charge < -0.3 is 9.84 Å². The van der Waals surface area contributed by atoms with Gasteiger partial charge in [0, 0.05) is 5.56 Å². The number of aromatic carboxylic acids is 1. The first-order valence-corrected chi connectivity index (χ1v) is 10.1. The number of hydrogen-bond donors (Lipinski definition) is 2. The Morgan fingerprint density at radius 3 is 2.81 bits per heavy atom. The van der Waals surface area contributed by atoms with E-state index >= 15 is 0 Å². The Morgan fingerprint density at radius 2 is 2.04 bits per heavy atom. The maximum absolute atomic E-state index is 12.6. The molecule has 0 bridgehead atoms. The minimum Gasteiger partial charge on any atom is -0.492 e. The fourth-order valence-corrected chi connectivity index (χ4v) is 4.58. The summed E-state index contributed by atoms with van der Waals surface area (Å²) in [6.07, 6.45) is 1.27. The van der Waals surface area contributed by atoms with Gasteiger partial charge in [0.15, 0.2) is 0 Å². The lowest BCUT2D eigenvalue weighted by atomic mass is 10.0. The normalized spacial score (nSPS) is 17.0. The van der Waals surface area contributed by atoms with Gasteiger partial charge in [-0.1, -0.05) is 35.9 Å². The molecule has 0 fully saturated rings. The van der Waals surface area contributed by atoms with Gasteiger partial charge >= 0.3 is 5.97 Å². The van der Waals surface area contributed by atoms with Crippen LogP contribution >= 0.6 is 11.6 Å². The Hall–Kier alpha value is -2.09. The third-order valence-corrected chi connectivity index (χ3v) is 5.76. The number of rotatable bonds is 5. The van der Waals surface area contributed by atoms with Crippen molar-refractivity contribution >= 4 is 27.6 Å². The molecule has 0 radical (unpaired) electrons. The van der Waals surface area contributed by atoms with E-state index in [0.717, 1.165) is 0 Å². The van der Waals surface area contributed by atoms with Crippen LogP contribution in [0.5, 0.6) is 5.75 Å². The van der Waals surface area contributed by atoms with Crippen LogP contribution in [0.15, 0.2) is 42.5 Å². The third kappa shape index (κ3) is 4.35. The van der Waals surface area contributed by atoms with E-state index in [2.05, 4.69) is 4.72 Å². The molecule has 6 nitrogen and oxygen atoms in total. The molecule has 2 aromatic carbocycles. The largest absolute Gasteiger partial charge is 0.492 e. The predicted octanol–water partition coefficient (Wildman–Crippen LogP) is 3.37. The van der Waals surface area contributed by atoms with Crippen LogP contribution in [-0.4, -0.2) is 26.1 Å². The molecule has 2 aromatic rings. The van der Waals surface area contributed by atoms with Crippen LogP contribution < -0.4 is 9.46 Å². The number of ether oxygens (including phenoxy) is 1. The standard InChI is InChI=1S/C18H18ClNO5S/c19-15-7-2-6-14-16(8-3-9-25-17(14)15)20-26(23,24)11-12-4-1-5-13(10-12)18(21)22/h1-2,4-7,10,16,20H,3,8-9,11H2,(H,21,22). The molecule has 0 saturated carbocycles. The Balaban J connectivity index is 1.83. The summed E-state index contributed by atoms with van der Waals surface area (Å²) in [7, 11) is -3.69. The molecule has 138 valence electrons. The molecule has 3 rings (SSSR count). The van der Waals surface area contributed by atoms with Crippen LogP contribution in [0.4, 0.5) is 0 Å². The van der Waals surface area contributed by atoms with E-state index < -0.39 is 22.0 Å². The second-order valence-corrected chi connectivity index (χ2v) is 8.25. The van der Waals surface area contributed by atoms with Gasteiger partial charge in [0.2, 0.25) is 10.0 Å². The first kappa shape index (κ1) is 18.7. The van der Waals surface area contributed by atoms with Crippen LogP contribution in [0.25, 0.3) is 0 Å². The number of carbonyl (C=O) groups is 1. The molecule has 2 N–H and O–H groups in total. The minimum absolute atomic E-state index is 0.0534. The molecule has 0 aliphatic carbocycles. The first-order chi connectivity index (χ1) is 12.4. The molecule has 1 unspecified atom stereocenters. The Morgan fingerprint density at radius 1 is 1.27 bits per heavy atom. The average Bonchev–Trinajstić information content (AvgIpc) is 2.78. The highest BCUT2D eigenvalue weighted by Crippen LogP contribution is 2.37. The van der Waals surface area contributed by atoms with Crippen molar-refractivity contribution in [3.63, 3.8) is 0 Å². The molecule has 26 heavy (non-hydrogen) atoms. The molecular formula is C18H18ClNO5S. The zero-order valence-electron chi connectivity index (χ0n) is 13.8. The minimum atomic E-state index is -3.69. The number of sulfonamides is 1. The second kappa shape index (κ2) is 7.65. The van der Waals surface area contributed by atoms with Crippen molar-refractivity contribution < 1.29 is 23.1 Å². The molecule has 1 heterocycles. The highest BCUT2D eigenvalue weighted by Gasteiger charge is 2.26. The molecular weight excluding hydrogens is 378 g/mol. The number of halogens is 1. The fourth-order valence-electron chi connectivity index (χ4n) is 2.96. The number of hydrogen-bond acceptors (Lipinski definition) is 4. The van der Waals surface area contributed by atoms with E-state index in [1.54, 1.807) is 24.3 Å². The molecule has 1 aliphatic rings. The van der Waals surface area contributed by atoms with E-state index in [-0.39, 0.29) is 11.3 Å². The van der Waals surface area contributed by atoms with Crippen molar-refractivity contribution in [1.29, 1.82) is 0 Å². The lowest BCUT2D eigenvalue weighted by molar-refractivity contribution is 0.0696. The fraction of sp³-hybridized carbons (Fsp3) is 0.278. The second-order valence-electron chi connectivity index (χ2n) is 6.08. The van der Waals surface area contributed by atoms with Crippen LogP contribution in [-0.2, 0) is 15.8 Å². The van der Waals surface area contributed by atoms with Crippen molar-refractivity contribution in [1.82, 2.24) is 4.72 Å². The van der Waals surface area contributed by atoms with E-state index in [0.29, 0.717) is 41.3 Å². The highest BCUT2D eigenvalue weighted by atomic mass is 35.5. The van der Waals surface area contributed by atoms with Gasteiger partial charge in [0.05, 0.1) is 29.0 Å². The van der Waals surface area contributed by atoms with Gasteiger partial charge in [-0.15, -0.1) is 0 Å². The van der Waals surface area contributed by atoms with E-state index in [4.69, 9.17) is 21.4 Å². The molecule has 0 aromatic heterocycles. The topological polar surface area (TPSA) is 92.7 Å². The first-order valence-electron chi connectivity index (χ1n) is 8.09. The summed E-state index contributed by atoms with van der Waals surface area (Å²) in [6.45, 7) is 0.468. The number of nitrogens with one attached hydrogen (secondary N) is 1. The third-order valence-electron chi connectivity index (χ3n) is 4.11. The van der Waals surface area contributed by atoms with Gasteiger partial charge in [-0.05, 0) is 36.6 Å². The van der Waals surface area contributed by atoms with Crippen molar-refractivity contribution in [3.05, 3.63) is 64.2 Å². The summed E-state index contributed by atoms with van der Waals surface area (Å²) in [5, 5.41) is 9.49. The number of carboxylic acids is 1. The quantitative estimate of drug-likeness (QED) is 0.809. The van der Waals surface area contributed by atoms with Gasteiger partial charge in [-0.3, -0.25) is 0 Å². The molecule has 0 saturated heterocycles. The van der Waals surface area contributed by atoms with Crippen LogP contribution in [0.3, 0.4) is 0 Å². The van der Waals surface area contributed by atoms with Crippen molar-refractivity contribution in [2.75, 3.05) is 6.61 Å². The predicted molar refractivity (Wildman–Crippen MR) is 98.1 cm³/mol. The van der Waals surface area contributed by atoms with Crippen LogP contribution in [0, 0.1) is 0 Å². The molecule has 0 amide bonds. The maximum Gasteiger partial charge on any atom is 0.335 e. The summed E-state index contributed by atoms with van der Waals surface area (Å²) in [5.41, 5.74) is 1.17. The maximum atomic E-state index is 12.6. The summed E-state index contributed by atoms with van der Waals surface area (Å²) in [4.78, 5) is 11.1. The molecule has 1 aliphatic heterocycles. The summed E-state index contributed by atoms with van der Waals surface area (Å²) < 4.78 is 33.6. The number of carboxylic acid groups (broad SMARTS) is 1. The van der Waals surface area contributed by atoms with Gasteiger partial charge in [0.25, 0.3) is 0 Å². The van der Waals surface area contributed by atoms with Crippen LogP contribution in [0.1, 0.15) is 40.4 Å². The lowest BCUT2D eigenvalue weighted by Crippen LogP contribution is -2.29. The SMILES string of the molecule is O=C(O)c1cccc(CS(=O)(=O)NC2CCCOc3c(Cl)cccc32)c1. The summed E-state index contributed by atoms with van der Waals surface area (Å²) in [5.74, 6) is -0.893. The number of benzene rings is 2. The van der Waals surface area contributed by atoms with E-state index in [1.165, 1.54) is 18.2 Å². The Bertz CT molecular complexity index is 929. The smallest absolute Gasteiger partial charge is 0.335 e. The number of fused-ring (bicyclic) bond motifs is 1. The van der Waals surface area contributed by atoms with Gasteiger partial charge in [0.1, 0.15) is 5.75 Å². The van der Waals surface area contributed by atoms with Gasteiger partial charge in [-0.2, -0.15) is 0 Å². The van der Waals surface area contributed by atoms with Gasteiger partial charge in [-0.25, -0.2) is 17.9 Å². The lowest BCUT2D eigenvalue weighted by Gasteiger charge is -2.19. The molecule has 1 atom stereocenters. The average molecular weight is 396 g/mol. The van der Waals surface area contributed by atoms with E-state index in [9.17, 15) is 13.2 Å². The Labute approximate surface area is 156 Å². The molecule has 0 spiro atoms. The Kier molecular flexibility index (Phi) is 5.50. The van der Waals surface area contributed by atoms with Crippen molar-refractivity contribution in [2.45, 2.75) is 24.6 Å². The monoisotopic (exact) mass is 395 g/mol. The summed E-state index contributed by atoms with van der Waals surface area (Å²) in [6, 6.07) is 10.7. The summed E-state index contributed by atoms with van der Waals surface area (Å²) >= 11 is 6.17. The number of para-hydroxylation sites is 1. The molecule has 8 heteroatoms. The van der Waals surface area contributed by atoms with Crippen molar-refractivity contribution in [2.24, 2.45) is 0 Å².